The van der Waals surface area contributed by atoms with Crippen LogP contribution >= 0.6 is 0 Å². The van der Waals surface area contributed by atoms with Crippen LogP contribution in [0.5, 0.6) is 0 Å². The van der Waals surface area contributed by atoms with E-state index in [0.717, 1.165) is 12.3 Å². The Morgan fingerprint density at radius 1 is 1.21 bits per heavy atom. The van der Waals surface area contributed by atoms with E-state index in [2.05, 4.69) is 15.6 Å². The fourth-order valence-electron chi connectivity index (χ4n) is 3.98. The number of alkyl halides is 2. The van der Waals surface area contributed by atoms with Crippen LogP contribution in [-0.4, -0.2) is 53.6 Å². The van der Waals surface area contributed by atoms with Gasteiger partial charge in [-0.05, 0) is 32.0 Å². The zero-order valence-electron chi connectivity index (χ0n) is 18.1. The quantitative estimate of drug-likeness (QED) is 0.462. The van der Waals surface area contributed by atoms with Crippen LogP contribution in [0.3, 0.4) is 0 Å². The van der Waals surface area contributed by atoms with Crippen LogP contribution in [0.1, 0.15) is 36.2 Å². The Labute approximate surface area is 186 Å². The van der Waals surface area contributed by atoms with Crippen LogP contribution < -0.4 is 21.1 Å². The lowest BCUT2D eigenvalue weighted by Crippen LogP contribution is -2.68. The molecule has 0 bridgehead atoms. The first-order valence-electron chi connectivity index (χ1n) is 10.0. The molecule has 1 saturated heterocycles. The predicted molar refractivity (Wildman–Crippen MR) is 113 cm³/mol. The van der Waals surface area contributed by atoms with Crippen LogP contribution in [0, 0.1) is 5.82 Å². The van der Waals surface area contributed by atoms with Crippen molar-refractivity contribution in [1.82, 2.24) is 15.4 Å². The van der Waals surface area contributed by atoms with Crippen LogP contribution in [-0.2, 0) is 4.79 Å². The van der Waals surface area contributed by atoms with Gasteiger partial charge in [-0.3, -0.25) is 14.4 Å². The number of rotatable bonds is 5. The number of aromatic amines is 1. The molecule has 0 aliphatic carbocycles. The second kappa shape index (κ2) is 9.22. The maximum atomic E-state index is 14.8. The first-order chi connectivity index (χ1) is 15.5. The monoisotopic (exact) mass is 469 g/mol. The Bertz CT molecular complexity index is 1120. The minimum atomic E-state index is -3.06. The van der Waals surface area contributed by atoms with Gasteiger partial charge in [-0.15, -0.1) is 9.60 Å². The van der Waals surface area contributed by atoms with Crippen LogP contribution in [0.15, 0.2) is 35.3 Å². The topological polar surface area (TPSA) is 97.5 Å². The van der Waals surface area contributed by atoms with E-state index in [1.807, 2.05) is 0 Å². The SMILES string of the molecule is CNC(=O)C1N(F)CCN(c2cc(NC(=O)c3c[nH]c(=O)cc3C(F)F)ccc2F)C1(C)C. The number of carbonyl (C=O) groups is 2. The van der Waals surface area contributed by atoms with E-state index in [1.54, 1.807) is 13.8 Å². The molecule has 1 unspecified atom stereocenters. The van der Waals surface area contributed by atoms with Crippen molar-refractivity contribution in [3.63, 3.8) is 0 Å². The highest BCUT2D eigenvalue weighted by atomic mass is 19.3. The Kier molecular flexibility index (Phi) is 6.77. The molecular weight excluding hydrogens is 446 g/mol. The molecule has 3 N–H and O–H groups in total. The zero-order valence-corrected chi connectivity index (χ0v) is 18.1. The molecule has 1 aliphatic heterocycles. The highest BCUT2D eigenvalue weighted by Crippen LogP contribution is 2.36. The van der Waals surface area contributed by atoms with Gasteiger partial charge in [0.25, 0.3) is 12.3 Å². The van der Waals surface area contributed by atoms with E-state index in [0.29, 0.717) is 11.2 Å². The van der Waals surface area contributed by atoms with Crippen molar-refractivity contribution in [2.75, 3.05) is 30.4 Å². The maximum absolute atomic E-state index is 14.8. The number of benzene rings is 1. The Morgan fingerprint density at radius 2 is 1.91 bits per heavy atom. The number of amides is 2. The van der Waals surface area contributed by atoms with E-state index >= 15 is 0 Å². The lowest BCUT2D eigenvalue weighted by molar-refractivity contribution is -0.141. The fourth-order valence-corrected chi connectivity index (χ4v) is 3.98. The number of H-pyrrole nitrogens is 1. The number of aromatic nitrogens is 1. The molecule has 0 saturated carbocycles. The summed E-state index contributed by atoms with van der Waals surface area (Å²) in [5, 5.41) is 5.20. The van der Waals surface area contributed by atoms with Gasteiger partial charge >= 0.3 is 0 Å². The second-order valence-corrected chi connectivity index (χ2v) is 8.03. The van der Waals surface area contributed by atoms with E-state index in [-0.39, 0.29) is 24.5 Å². The van der Waals surface area contributed by atoms with Crippen LogP contribution in [0.4, 0.5) is 29.0 Å². The zero-order chi connectivity index (χ0) is 24.5. The third-order valence-electron chi connectivity index (χ3n) is 5.61. The molecule has 1 fully saturated rings. The van der Waals surface area contributed by atoms with Crippen LogP contribution in [0.2, 0.25) is 0 Å². The van der Waals surface area contributed by atoms with Gasteiger partial charge in [0.05, 0.1) is 16.8 Å². The van der Waals surface area contributed by atoms with Crippen molar-refractivity contribution in [2.45, 2.75) is 31.9 Å². The molecule has 0 spiro atoms. The van der Waals surface area contributed by atoms with Gasteiger partial charge in [-0.2, -0.15) is 0 Å². The number of nitrogens with zero attached hydrogens (tertiary/aromatic N) is 2. The van der Waals surface area contributed by atoms with Gasteiger partial charge < -0.3 is 20.5 Å². The first-order valence-corrected chi connectivity index (χ1v) is 10.0. The molecule has 0 radical (unpaired) electrons. The average molecular weight is 469 g/mol. The van der Waals surface area contributed by atoms with Gasteiger partial charge in [-0.1, -0.05) is 0 Å². The minimum absolute atomic E-state index is 0.00430. The number of pyridine rings is 1. The standard InChI is InChI=1S/C21H23F4N5O3/c1-21(2)17(20(33)26-3)30(25)7-6-29(21)15-8-11(4-5-14(15)22)28-19(32)13-10-27-16(31)9-12(13)18(23)24/h4-5,8-10,17-18H,6-7H2,1-3H3,(H,26,33)(H,27,31)(H,28,32). The lowest BCUT2D eigenvalue weighted by atomic mass is 9.88. The number of hydrogen-bond acceptors (Lipinski definition) is 5. The van der Waals surface area contributed by atoms with Gasteiger partial charge in [0.2, 0.25) is 11.5 Å². The summed E-state index contributed by atoms with van der Waals surface area (Å²) in [5.74, 6) is -2.20. The summed E-state index contributed by atoms with van der Waals surface area (Å²) in [6.07, 6.45) is -2.18. The van der Waals surface area contributed by atoms with E-state index < -0.39 is 52.3 Å². The number of piperazine rings is 1. The first kappa shape index (κ1) is 24.2. The molecule has 1 aromatic heterocycles. The van der Waals surface area contributed by atoms with E-state index in [9.17, 15) is 32.0 Å². The van der Waals surface area contributed by atoms with Crippen molar-refractivity contribution in [3.05, 3.63) is 57.8 Å². The van der Waals surface area contributed by atoms with Gasteiger partial charge in [0, 0.05) is 43.7 Å². The summed E-state index contributed by atoms with van der Waals surface area (Å²) in [6.45, 7) is 3.03. The van der Waals surface area contributed by atoms with Crippen molar-refractivity contribution in [3.8, 4) is 0 Å². The highest BCUT2D eigenvalue weighted by Gasteiger charge is 2.48. The molecule has 12 heteroatoms. The third kappa shape index (κ3) is 4.70. The Balaban J connectivity index is 1.94. The van der Waals surface area contributed by atoms with E-state index in [1.165, 1.54) is 24.1 Å². The average Bonchev–Trinajstić information content (AvgIpc) is 2.74. The number of nitrogens with one attached hydrogen (secondary N) is 3. The molecule has 1 aromatic carbocycles. The predicted octanol–water partition coefficient (Wildman–Crippen LogP) is 2.60. The number of halogens is 4. The lowest BCUT2D eigenvalue weighted by Gasteiger charge is -2.50. The highest BCUT2D eigenvalue weighted by molar-refractivity contribution is 6.05. The molecule has 1 atom stereocenters. The number of hydrogen-bond donors (Lipinski definition) is 3. The van der Waals surface area contributed by atoms with E-state index in [4.69, 9.17) is 0 Å². The summed E-state index contributed by atoms with van der Waals surface area (Å²) in [6, 6.07) is 2.98. The largest absolute Gasteiger partial charge is 0.360 e. The summed E-state index contributed by atoms with van der Waals surface area (Å²) in [5.41, 5.74) is -3.08. The normalized spacial score (nSPS) is 18.3. The van der Waals surface area contributed by atoms with Gasteiger partial charge in [-0.25, -0.2) is 13.2 Å². The van der Waals surface area contributed by atoms with Crippen molar-refractivity contribution in [1.29, 1.82) is 0 Å². The second-order valence-electron chi connectivity index (χ2n) is 8.03. The smallest absolute Gasteiger partial charge is 0.264 e. The number of likely N-dealkylation sites (N-methyl/N-ethyl adjacent to an activating group) is 1. The van der Waals surface area contributed by atoms with Crippen LogP contribution in [0.25, 0.3) is 0 Å². The Morgan fingerprint density at radius 3 is 2.55 bits per heavy atom. The van der Waals surface area contributed by atoms with Crippen molar-refractivity contribution >= 4 is 23.2 Å². The summed E-state index contributed by atoms with van der Waals surface area (Å²) < 4.78 is 55.7. The molecule has 3 rings (SSSR count). The van der Waals surface area contributed by atoms with Gasteiger partial charge in [0.1, 0.15) is 11.9 Å². The minimum Gasteiger partial charge on any atom is -0.360 e. The molecular formula is C21H23F4N5O3. The molecule has 178 valence electrons. The van der Waals surface area contributed by atoms with Gasteiger partial charge in [0.15, 0.2) is 0 Å². The summed E-state index contributed by atoms with van der Waals surface area (Å²) in [7, 11) is 1.37. The molecule has 2 amide bonds. The molecule has 1 aliphatic rings. The Hall–Kier alpha value is -3.41. The molecule has 8 nitrogen and oxygen atoms in total. The molecule has 2 heterocycles. The summed E-state index contributed by atoms with van der Waals surface area (Å²) >= 11 is 0. The number of carbonyl (C=O) groups excluding carboxylic acids is 2. The third-order valence-corrected chi connectivity index (χ3v) is 5.61. The maximum Gasteiger partial charge on any atom is 0.264 e. The fraction of sp³-hybridized carbons (Fsp3) is 0.381. The molecule has 33 heavy (non-hydrogen) atoms. The van der Waals surface area contributed by atoms with Crippen molar-refractivity contribution in [2.24, 2.45) is 0 Å². The summed E-state index contributed by atoms with van der Waals surface area (Å²) in [4.78, 5) is 39.9. The molecule has 2 aromatic rings. The van der Waals surface area contributed by atoms with Crippen molar-refractivity contribution < 1.29 is 27.2 Å². The number of anilines is 2.